The minimum absolute atomic E-state index is 0.0283. The lowest BCUT2D eigenvalue weighted by Crippen LogP contribution is -2.65. The molecule has 0 aromatic rings. The third-order valence-corrected chi connectivity index (χ3v) is 6.13. The molecule has 4 nitrogen and oxygen atoms in total. The Hall–Kier alpha value is -0.420. The Morgan fingerprint density at radius 2 is 2.00 bits per heavy atom. The summed E-state index contributed by atoms with van der Waals surface area (Å²) in [6.45, 7) is 6.87. The van der Waals surface area contributed by atoms with Crippen molar-refractivity contribution in [3.05, 3.63) is 11.6 Å². The fourth-order valence-corrected chi connectivity index (χ4v) is 5.20. The van der Waals surface area contributed by atoms with Gasteiger partial charge in [-0.3, -0.25) is 0 Å². The molecule has 1 aliphatic heterocycles. The summed E-state index contributed by atoms with van der Waals surface area (Å²) in [6, 6.07) is 0. The predicted octanol–water partition coefficient (Wildman–Crippen LogP) is 1.85. The molecule has 0 bridgehead atoms. The van der Waals surface area contributed by atoms with E-state index in [2.05, 4.69) is 20.8 Å². The largest absolute Gasteiger partial charge is 0.379 e. The van der Waals surface area contributed by atoms with Crippen LogP contribution in [-0.2, 0) is 9.47 Å². The van der Waals surface area contributed by atoms with E-state index >= 15 is 0 Å². The molecule has 5 unspecified atom stereocenters. The van der Waals surface area contributed by atoms with Gasteiger partial charge in [0.2, 0.25) is 0 Å². The van der Waals surface area contributed by atoms with Crippen molar-refractivity contribution >= 4 is 0 Å². The van der Waals surface area contributed by atoms with E-state index in [4.69, 9.17) is 9.47 Å². The van der Waals surface area contributed by atoms with E-state index in [1.54, 1.807) is 7.11 Å². The summed E-state index contributed by atoms with van der Waals surface area (Å²) in [4.78, 5) is 0. The average Bonchev–Trinajstić information content (AvgIpc) is 2.66. The van der Waals surface area contributed by atoms with Gasteiger partial charge in [-0.2, -0.15) is 0 Å². The SMILES string of the molecule is COC1C=C2COC(O)C2(O)C2(C)CCCC(C)(C)C12. The van der Waals surface area contributed by atoms with Gasteiger partial charge in [0, 0.05) is 18.4 Å². The second-order valence-corrected chi connectivity index (χ2v) is 7.56. The molecular weight excluding hydrogens is 256 g/mol. The van der Waals surface area contributed by atoms with Crippen LogP contribution in [0.1, 0.15) is 40.0 Å². The molecule has 0 amide bonds. The Bertz CT molecular complexity index is 444. The third-order valence-electron chi connectivity index (χ3n) is 6.13. The molecule has 0 aromatic heterocycles. The van der Waals surface area contributed by atoms with Gasteiger partial charge in [0.25, 0.3) is 0 Å². The van der Waals surface area contributed by atoms with Gasteiger partial charge >= 0.3 is 0 Å². The molecule has 3 rings (SSSR count). The van der Waals surface area contributed by atoms with Crippen LogP contribution in [0, 0.1) is 16.7 Å². The van der Waals surface area contributed by atoms with Crippen molar-refractivity contribution in [3.63, 3.8) is 0 Å². The molecule has 2 aliphatic carbocycles. The summed E-state index contributed by atoms with van der Waals surface area (Å²) in [5.74, 6) is 0.166. The van der Waals surface area contributed by atoms with Gasteiger partial charge < -0.3 is 19.7 Å². The maximum absolute atomic E-state index is 11.3. The Morgan fingerprint density at radius 3 is 2.65 bits per heavy atom. The van der Waals surface area contributed by atoms with E-state index in [9.17, 15) is 10.2 Å². The number of aliphatic hydroxyl groups excluding tert-OH is 1. The smallest absolute Gasteiger partial charge is 0.188 e. The predicted molar refractivity (Wildman–Crippen MR) is 75.0 cm³/mol. The van der Waals surface area contributed by atoms with Crippen molar-refractivity contribution in [2.75, 3.05) is 13.7 Å². The zero-order chi connectivity index (χ0) is 14.8. The van der Waals surface area contributed by atoms with Gasteiger partial charge in [0.1, 0.15) is 5.60 Å². The van der Waals surface area contributed by atoms with Crippen LogP contribution in [0.2, 0.25) is 0 Å². The highest BCUT2D eigenvalue weighted by Gasteiger charge is 2.67. The van der Waals surface area contributed by atoms with Crippen molar-refractivity contribution in [2.45, 2.75) is 58.0 Å². The van der Waals surface area contributed by atoms with E-state index in [0.717, 1.165) is 24.8 Å². The number of rotatable bonds is 1. The molecule has 2 fully saturated rings. The molecule has 0 aromatic carbocycles. The lowest BCUT2D eigenvalue weighted by molar-refractivity contribution is -0.243. The monoisotopic (exact) mass is 282 g/mol. The van der Waals surface area contributed by atoms with Crippen LogP contribution < -0.4 is 0 Å². The first-order valence-electron chi connectivity index (χ1n) is 7.53. The molecule has 3 aliphatic rings. The quantitative estimate of drug-likeness (QED) is 0.721. The van der Waals surface area contributed by atoms with Crippen molar-refractivity contribution in [2.24, 2.45) is 16.7 Å². The van der Waals surface area contributed by atoms with E-state index in [-0.39, 0.29) is 17.4 Å². The Kier molecular flexibility index (Phi) is 3.11. The molecule has 0 radical (unpaired) electrons. The highest BCUT2D eigenvalue weighted by Crippen LogP contribution is 2.63. The van der Waals surface area contributed by atoms with Gasteiger partial charge in [0.15, 0.2) is 6.29 Å². The Labute approximate surface area is 120 Å². The molecular formula is C16H26O4. The number of fused-ring (bicyclic) bond motifs is 3. The number of hydrogen-bond donors (Lipinski definition) is 2. The van der Waals surface area contributed by atoms with Crippen LogP contribution in [0.25, 0.3) is 0 Å². The van der Waals surface area contributed by atoms with Gasteiger partial charge in [-0.1, -0.05) is 33.3 Å². The molecule has 0 spiro atoms. The first-order chi connectivity index (χ1) is 9.27. The zero-order valence-corrected chi connectivity index (χ0v) is 12.8. The second-order valence-electron chi connectivity index (χ2n) is 7.56. The summed E-state index contributed by atoms with van der Waals surface area (Å²) >= 11 is 0. The molecule has 1 saturated heterocycles. The normalized spacial score (nSPS) is 50.3. The Morgan fingerprint density at radius 1 is 1.30 bits per heavy atom. The summed E-state index contributed by atoms with van der Waals surface area (Å²) < 4.78 is 11.1. The minimum atomic E-state index is -1.27. The van der Waals surface area contributed by atoms with Crippen LogP contribution in [-0.4, -0.2) is 41.9 Å². The Balaban J connectivity index is 2.18. The number of methoxy groups -OCH3 is 1. The number of aliphatic hydroxyl groups is 2. The van der Waals surface area contributed by atoms with E-state index < -0.39 is 17.3 Å². The van der Waals surface area contributed by atoms with E-state index in [0.29, 0.717) is 6.61 Å². The van der Waals surface area contributed by atoms with Gasteiger partial charge in [0.05, 0.1) is 12.7 Å². The fraction of sp³-hybridized carbons (Fsp3) is 0.875. The fourth-order valence-electron chi connectivity index (χ4n) is 5.20. The second kappa shape index (κ2) is 4.29. The first kappa shape index (κ1) is 14.5. The van der Waals surface area contributed by atoms with Crippen LogP contribution in [0.4, 0.5) is 0 Å². The average molecular weight is 282 g/mol. The van der Waals surface area contributed by atoms with Crippen molar-refractivity contribution in [1.82, 2.24) is 0 Å². The lowest BCUT2D eigenvalue weighted by atomic mass is 9.46. The molecule has 5 atom stereocenters. The van der Waals surface area contributed by atoms with E-state index in [1.807, 2.05) is 6.08 Å². The van der Waals surface area contributed by atoms with Gasteiger partial charge in [-0.05, 0) is 23.8 Å². The minimum Gasteiger partial charge on any atom is -0.379 e. The van der Waals surface area contributed by atoms with Gasteiger partial charge in [-0.15, -0.1) is 0 Å². The molecule has 1 saturated carbocycles. The number of hydrogen-bond acceptors (Lipinski definition) is 4. The van der Waals surface area contributed by atoms with Crippen molar-refractivity contribution in [3.8, 4) is 0 Å². The molecule has 20 heavy (non-hydrogen) atoms. The van der Waals surface area contributed by atoms with Crippen LogP contribution in [0.15, 0.2) is 11.6 Å². The molecule has 1 heterocycles. The molecule has 114 valence electrons. The highest BCUT2D eigenvalue weighted by molar-refractivity contribution is 5.35. The van der Waals surface area contributed by atoms with Crippen LogP contribution in [0.5, 0.6) is 0 Å². The van der Waals surface area contributed by atoms with Crippen molar-refractivity contribution < 1.29 is 19.7 Å². The van der Waals surface area contributed by atoms with E-state index in [1.165, 1.54) is 0 Å². The standard InChI is InChI=1S/C16H26O4/c1-14(2)6-5-7-15(3)12(14)11(19-4)8-10-9-20-13(17)16(10,15)18/h8,11-13,17-18H,5-7,9H2,1-4H3. The van der Waals surface area contributed by atoms with Crippen LogP contribution in [0.3, 0.4) is 0 Å². The third kappa shape index (κ3) is 1.56. The zero-order valence-electron chi connectivity index (χ0n) is 12.8. The van der Waals surface area contributed by atoms with Gasteiger partial charge in [-0.25, -0.2) is 0 Å². The summed E-state index contributed by atoms with van der Waals surface area (Å²) in [5, 5.41) is 21.5. The molecule has 4 heteroatoms. The maximum atomic E-state index is 11.3. The maximum Gasteiger partial charge on any atom is 0.188 e. The highest BCUT2D eigenvalue weighted by atomic mass is 16.6. The first-order valence-corrected chi connectivity index (χ1v) is 7.53. The molecule has 2 N–H and O–H groups in total. The summed E-state index contributed by atoms with van der Waals surface area (Å²) in [7, 11) is 1.73. The summed E-state index contributed by atoms with van der Waals surface area (Å²) in [6.07, 6.45) is 3.87. The lowest BCUT2D eigenvalue weighted by Gasteiger charge is -2.61. The number of ether oxygens (including phenoxy) is 2. The summed E-state index contributed by atoms with van der Waals surface area (Å²) in [5.41, 5.74) is -0.846. The topological polar surface area (TPSA) is 58.9 Å². The van der Waals surface area contributed by atoms with Crippen LogP contribution >= 0.6 is 0 Å². The van der Waals surface area contributed by atoms with Crippen molar-refractivity contribution in [1.29, 1.82) is 0 Å².